The maximum atomic E-state index is 14.2. The molecule has 0 aromatic heterocycles. The highest BCUT2D eigenvalue weighted by Crippen LogP contribution is 2.29. The molecular weight excluding hydrogens is 581 g/mol. The first kappa shape index (κ1) is 30.9. The number of carbonyl (C=O) groups excluding carboxylic acids is 2. The number of nitrogens with one attached hydrogen (secondary N) is 1. The molecule has 1 aliphatic rings. The Bertz CT molecular complexity index is 1440. The zero-order valence-corrected chi connectivity index (χ0v) is 25.6. The highest BCUT2D eigenvalue weighted by Gasteiger charge is 2.35. The normalized spacial score (nSPS) is 14.4. The summed E-state index contributed by atoms with van der Waals surface area (Å²) in [6, 6.07) is 19.2. The van der Waals surface area contributed by atoms with Crippen molar-refractivity contribution in [3.8, 4) is 0 Å². The van der Waals surface area contributed by atoms with Crippen molar-refractivity contribution in [3.05, 3.63) is 94.0 Å². The number of carbonyl (C=O) groups is 2. The molecule has 218 valence electrons. The summed E-state index contributed by atoms with van der Waals surface area (Å²) in [5, 5.41) is 3.81. The SMILES string of the molecule is CC[C@@H](C(=O)NC1CCCC1)N(Cc1c(Cl)cccc1Cl)C(=O)CN(c1ccccc1)S(=O)(=O)c1ccc(C)cc1. The van der Waals surface area contributed by atoms with Gasteiger partial charge in [0.15, 0.2) is 0 Å². The van der Waals surface area contributed by atoms with E-state index in [2.05, 4.69) is 5.32 Å². The van der Waals surface area contributed by atoms with Crippen molar-refractivity contribution in [3.63, 3.8) is 0 Å². The molecule has 3 aromatic rings. The maximum absolute atomic E-state index is 14.2. The first-order valence-corrected chi connectivity index (χ1v) is 16.0. The lowest BCUT2D eigenvalue weighted by Gasteiger charge is -2.34. The van der Waals surface area contributed by atoms with Crippen molar-refractivity contribution in [2.24, 2.45) is 0 Å². The second-order valence-corrected chi connectivity index (χ2v) is 13.0. The predicted molar refractivity (Wildman–Crippen MR) is 164 cm³/mol. The highest BCUT2D eigenvalue weighted by molar-refractivity contribution is 7.92. The summed E-state index contributed by atoms with van der Waals surface area (Å²) in [5.41, 5.74) is 1.73. The molecule has 3 aromatic carbocycles. The minimum absolute atomic E-state index is 0.0544. The number of halogens is 2. The summed E-state index contributed by atoms with van der Waals surface area (Å²) < 4.78 is 28.9. The Morgan fingerprint density at radius 3 is 2.12 bits per heavy atom. The standard InChI is InChI=1S/C31H35Cl2N3O4S/c1-3-29(31(38)34-23-10-7-8-11-23)35(20-26-27(32)14-9-15-28(26)33)30(37)21-36(24-12-5-4-6-13-24)41(39,40)25-18-16-22(2)17-19-25/h4-6,9,12-19,23,29H,3,7-8,10-11,20-21H2,1-2H3,(H,34,38)/t29-/m0/s1. The fraction of sp³-hybridized carbons (Fsp3) is 0.355. The van der Waals surface area contributed by atoms with Crippen LogP contribution in [0.25, 0.3) is 0 Å². The number of hydrogen-bond acceptors (Lipinski definition) is 4. The maximum Gasteiger partial charge on any atom is 0.264 e. The first-order valence-electron chi connectivity index (χ1n) is 13.8. The molecule has 0 bridgehead atoms. The van der Waals surface area contributed by atoms with Crippen LogP contribution in [0.4, 0.5) is 5.69 Å². The molecular formula is C31H35Cl2N3O4S. The summed E-state index contributed by atoms with van der Waals surface area (Å²) in [4.78, 5) is 29.2. The van der Waals surface area contributed by atoms with Crippen LogP contribution in [0, 0.1) is 6.92 Å². The molecule has 2 amide bonds. The van der Waals surface area contributed by atoms with E-state index in [4.69, 9.17) is 23.2 Å². The Labute approximate surface area is 252 Å². The van der Waals surface area contributed by atoms with Gasteiger partial charge in [-0.05, 0) is 62.6 Å². The van der Waals surface area contributed by atoms with Crippen molar-refractivity contribution in [2.75, 3.05) is 10.8 Å². The fourth-order valence-electron chi connectivity index (χ4n) is 5.10. The van der Waals surface area contributed by atoms with Gasteiger partial charge < -0.3 is 10.2 Å². The van der Waals surface area contributed by atoms with Crippen LogP contribution in [0.1, 0.15) is 50.2 Å². The van der Waals surface area contributed by atoms with E-state index in [1.54, 1.807) is 60.7 Å². The smallest absolute Gasteiger partial charge is 0.264 e. The molecule has 1 N–H and O–H groups in total. The lowest BCUT2D eigenvalue weighted by molar-refractivity contribution is -0.140. The number of para-hydroxylation sites is 1. The molecule has 0 radical (unpaired) electrons. The van der Waals surface area contributed by atoms with E-state index in [9.17, 15) is 18.0 Å². The second kappa shape index (κ2) is 13.7. The number of amides is 2. The number of aryl methyl sites for hydroxylation is 1. The summed E-state index contributed by atoms with van der Waals surface area (Å²) >= 11 is 13.0. The molecule has 0 heterocycles. The van der Waals surface area contributed by atoms with Crippen molar-refractivity contribution >= 4 is 50.7 Å². The molecule has 1 aliphatic carbocycles. The van der Waals surface area contributed by atoms with Crippen LogP contribution in [0.15, 0.2) is 77.7 Å². The van der Waals surface area contributed by atoms with E-state index in [0.717, 1.165) is 35.6 Å². The number of nitrogens with zero attached hydrogens (tertiary/aromatic N) is 2. The van der Waals surface area contributed by atoms with Gasteiger partial charge in [0.2, 0.25) is 11.8 Å². The van der Waals surface area contributed by atoms with Gasteiger partial charge in [0.05, 0.1) is 10.6 Å². The molecule has 1 fully saturated rings. The minimum atomic E-state index is -4.13. The van der Waals surface area contributed by atoms with Crippen molar-refractivity contribution in [2.45, 2.75) is 69.5 Å². The zero-order valence-electron chi connectivity index (χ0n) is 23.2. The van der Waals surface area contributed by atoms with Crippen LogP contribution in [0.2, 0.25) is 10.0 Å². The Morgan fingerprint density at radius 1 is 0.927 bits per heavy atom. The lowest BCUT2D eigenvalue weighted by atomic mass is 10.1. The number of rotatable bonds is 11. The van der Waals surface area contributed by atoms with Crippen LogP contribution in [0.3, 0.4) is 0 Å². The molecule has 0 unspecified atom stereocenters. The molecule has 1 atom stereocenters. The van der Waals surface area contributed by atoms with E-state index in [1.807, 2.05) is 13.8 Å². The van der Waals surface area contributed by atoms with Crippen molar-refractivity contribution in [1.82, 2.24) is 10.2 Å². The number of anilines is 1. The van der Waals surface area contributed by atoms with E-state index in [1.165, 1.54) is 17.0 Å². The summed E-state index contributed by atoms with van der Waals surface area (Å²) in [6.07, 6.45) is 4.19. The number of sulfonamides is 1. The van der Waals surface area contributed by atoms with E-state index < -0.39 is 28.5 Å². The topological polar surface area (TPSA) is 86.8 Å². The predicted octanol–water partition coefficient (Wildman–Crippen LogP) is 6.36. The largest absolute Gasteiger partial charge is 0.352 e. The van der Waals surface area contributed by atoms with Crippen LogP contribution in [-0.4, -0.2) is 43.8 Å². The highest BCUT2D eigenvalue weighted by atomic mass is 35.5. The third-order valence-electron chi connectivity index (χ3n) is 7.41. The molecule has 41 heavy (non-hydrogen) atoms. The Hall–Kier alpha value is -3.07. The van der Waals surface area contributed by atoms with Crippen molar-refractivity contribution in [1.29, 1.82) is 0 Å². The van der Waals surface area contributed by atoms with Gasteiger partial charge in [0.1, 0.15) is 12.6 Å². The number of benzene rings is 3. The van der Waals surface area contributed by atoms with Gasteiger partial charge in [-0.2, -0.15) is 0 Å². The van der Waals surface area contributed by atoms with Crippen LogP contribution in [0.5, 0.6) is 0 Å². The van der Waals surface area contributed by atoms with Gasteiger partial charge in [0, 0.05) is 28.2 Å². The molecule has 0 aliphatic heterocycles. The third-order valence-corrected chi connectivity index (χ3v) is 9.91. The Morgan fingerprint density at radius 2 is 1.54 bits per heavy atom. The van der Waals surface area contributed by atoms with Gasteiger partial charge in [-0.25, -0.2) is 8.42 Å². The minimum Gasteiger partial charge on any atom is -0.352 e. The molecule has 1 saturated carbocycles. The van der Waals surface area contributed by atoms with E-state index >= 15 is 0 Å². The van der Waals surface area contributed by atoms with E-state index in [-0.39, 0.29) is 23.4 Å². The molecule has 0 spiro atoms. The first-order chi connectivity index (χ1) is 19.6. The van der Waals surface area contributed by atoms with Gasteiger partial charge >= 0.3 is 0 Å². The molecule has 10 heteroatoms. The van der Waals surface area contributed by atoms with Gasteiger partial charge in [-0.1, -0.05) is 84.9 Å². The Balaban J connectivity index is 1.72. The summed E-state index contributed by atoms with van der Waals surface area (Å²) in [5.74, 6) is -0.822. The molecule has 7 nitrogen and oxygen atoms in total. The monoisotopic (exact) mass is 615 g/mol. The van der Waals surface area contributed by atoms with Crippen LogP contribution >= 0.6 is 23.2 Å². The quantitative estimate of drug-likeness (QED) is 0.272. The number of hydrogen-bond donors (Lipinski definition) is 1. The zero-order chi connectivity index (χ0) is 29.6. The lowest BCUT2D eigenvalue weighted by Crippen LogP contribution is -2.53. The molecule has 0 saturated heterocycles. The van der Waals surface area contributed by atoms with E-state index in [0.29, 0.717) is 27.7 Å². The van der Waals surface area contributed by atoms with Gasteiger partial charge in [-0.3, -0.25) is 13.9 Å². The fourth-order valence-corrected chi connectivity index (χ4v) is 7.03. The average Bonchev–Trinajstić information content (AvgIpc) is 3.46. The molecule has 4 rings (SSSR count). The van der Waals surface area contributed by atoms with Crippen molar-refractivity contribution < 1.29 is 18.0 Å². The third kappa shape index (κ3) is 7.42. The Kier molecular flexibility index (Phi) is 10.3. The average molecular weight is 617 g/mol. The van der Waals surface area contributed by atoms with Gasteiger partial charge in [-0.15, -0.1) is 0 Å². The summed E-state index contributed by atoms with van der Waals surface area (Å²) in [7, 11) is -4.13. The summed E-state index contributed by atoms with van der Waals surface area (Å²) in [6.45, 7) is 3.12. The van der Waals surface area contributed by atoms with Crippen LogP contribution < -0.4 is 9.62 Å². The van der Waals surface area contributed by atoms with Gasteiger partial charge in [0.25, 0.3) is 10.0 Å². The van der Waals surface area contributed by atoms with Crippen LogP contribution in [-0.2, 0) is 26.2 Å². The second-order valence-electron chi connectivity index (χ2n) is 10.3.